The third kappa shape index (κ3) is 3.75. The molecule has 1 saturated heterocycles. The highest BCUT2D eigenvalue weighted by molar-refractivity contribution is 5.95. The molecule has 0 aliphatic carbocycles. The van der Waals surface area contributed by atoms with Crippen LogP contribution >= 0.6 is 0 Å². The Balaban J connectivity index is 1.62. The van der Waals surface area contributed by atoms with Gasteiger partial charge in [-0.05, 0) is 25.5 Å². The zero-order chi connectivity index (χ0) is 20.4. The van der Waals surface area contributed by atoms with E-state index in [1.54, 1.807) is 33.9 Å². The van der Waals surface area contributed by atoms with Crippen LogP contribution in [0.2, 0.25) is 0 Å². The second-order valence-corrected chi connectivity index (χ2v) is 7.13. The maximum absolute atomic E-state index is 13.3. The van der Waals surface area contributed by atoms with Gasteiger partial charge in [0, 0.05) is 32.2 Å². The van der Waals surface area contributed by atoms with E-state index < -0.39 is 0 Å². The minimum absolute atomic E-state index is 0.0367. The van der Waals surface area contributed by atoms with Crippen molar-refractivity contribution in [2.24, 2.45) is 7.05 Å². The number of H-pyrrole nitrogens is 1. The second kappa shape index (κ2) is 7.86. The van der Waals surface area contributed by atoms with Crippen LogP contribution in [-0.4, -0.2) is 66.0 Å². The first-order valence-electron chi connectivity index (χ1n) is 9.55. The Morgan fingerprint density at radius 1 is 1.10 bits per heavy atom. The third-order valence-electron chi connectivity index (χ3n) is 5.18. The van der Waals surface area contributed by atoms with Crippen molar-refractivity contribution in [2.75, 3.05) is 19.6 Å². The number of aromatic amines is 1. The molecule has 1 atom stereocenters. The lowest BCUT2D eigenvalue weighted by Gasteiger charge is -2.27. The molecular formula is C20H23N7O2. The van der Waals surface area contributed by atoms with Gasteiger partial charge in [-0.1, -0.05) is 18.2 Å². The largest absolute Gasteiger partial charge is 0.337 e. The molecule has 0 radical (unpaired) electrons. The van der Waals surface area contributed by atoms with Crippen molar-refractivity contribution >= 4 is 11.8 Å². The average Bonchev–Trinajstić information content (AvgIpc) is 3.29. The predicted molar refractivity (Wildman–Crippen MR) is 105 cm³/mol. The minimum atomic E-state index is -0.323. The van der Waals surface area contributed by atoms with Crippen molar-refractivity contribution in [2.45, 2.75) is 19.4 Å². The van der Waals surface area contributed by atoms with Crippen molar-refractivity contribution < 1.29 is 9.59 Å². The number of rotatable bonds is 3. The van der Waals surface area contributed by atoms with Crippen LogP contribution in [0.5, 0.6) is 0 Å². The summed E-state index contributed by atoms with van der Waals surface area (Å²) in [7, 11) is 1.79. The number of carbonyl (C=O) groups is 2. The molecule has 3 heterocycles. The maximum atomic E-state index is 13.3. The molecule has 3 aromatic rings. The average molecular weight is 393 g/mol. The Labute approximate surface area is 168 Å². The van der Waals surface area contributed by atoms with Gasteiger partial charge in [-0.15, -0.1) is 0 Å². The molecular weight excluding hydrogens is 370 g/mol. The fraction of sp³-hybridized carbons (Fsp3) is 0.350. The van der Waals surface area contributed by atoms with Crippen LogP contribution in [-0.2, 0) is 7.05 Å². The summed E-state index contributed by atoms with van der Waals surface area (Å²) in [5.74, 6) is 1.07. The Morgan fingerprint density at radius 2 is 1.90 bits per heavy atom. The highest BCUT2D eigenvalue weighted by Crippen LogP contribution is 2.27. The van der Waals surface area contributed by atoms with E-state index >= 15 is 0 Å². The first-order valence-corrected chi connectivity index (χ1v) is 9.55. The molecule has 1 fully saturated rings. The van der Waals surface area contributed by atoms with E-state index in [1.165, 1.54) is 0 Å². The second-order valence-electron chi connectivity index (χ2n) is 7.13. The molecule has 1 aliphatic rings. The summed E-state index contributed by atoms with van der Waals surface area (Å²) < 4.78 is 1.69. The fourth-order valence-corrected chi connectivity index (χ4v) is 3.63. The molecule has 150 valence electrons. The molecule has 4 rings (SSSR count). The summed E-state index contributed by atoms with van der Waals surface area (Å²) in [6.07, 6.45) is 3.71. The number of hydrogen-bond acceptors (Lipinski definition) is 5. The Morgan fingerprint density at radius 3 is 2.55 bits per heavy atom. The summed E-state index contributed by atoms with van der Waals surface area (Å²) in [4.78, 5) is 38.2. The van der Waals surface area contributed by atoms with Gasteiger partial charge in [-0.3, -0.25) is 14.7 Å². The standard InChI is InChI=1S/C20H23N7O2/c1-14-22-18(24-23-14)16-8-9-26(19(28)15-6-4-3-5-7-15)10-11-27(16)20(29)17-12-21-13-25(17)2/h3-7,12-13,16H,8-11H2,1-2H3,(H,22,23,24). The summed E-state index contributed by atoms with van der Waals surface area (Å²) in [6, 6.07) is 8.88. The van der Waals surface area contributed by atoms with E-state index in [4.69, 9.17) is 0 Å². The normalized spacial score (nSPS) is 17.2. The van der Waals surface area contributed by atoms with Gasteiger partial charge in [0.05, 0.1) is 18.6 Å². The molecule has 29 heavy (non-hydrogen) atoms. The van der Waals surface area contributed by atoms with E-state index in [9.17, 15) is 9.59 Å². The van der Waals surface area contributed by atoms with Crippen molar-refractivity contribution in [3.05, 3.63) is 65.8 Å². The molecule has 0 spiro atoms. The van der Waals surface area contributed by atoms with Gasteiger partial charge in [-0.2, -0.15) is 5.10 Å². The van der Waals surface area contributed by atoms with Crippen molar-refractivity contribution in [1.82, 2.24) is 34.5 Å². The van der Waals surface area contributed by atoms with Crippen LogP contribution in [0.1, 0.15) is 45.0 Å². The number of aromatic nitrogens is 5. The van der Waals surface area contributed by atoms with Gasteiger partial charge in [-0.25, -0.2) is 9.97 Å². The van der Waals surface area contributed by atoms with Crippen molar-refractivity contribution in [1.29, 1.82) is 0 Å². The van der Waals surface area contributed by atoms with Gasteiger partial charge < -0.3 is 14.4 Å². The first kappa shape index (κ1) is 18.9. The number of imidazole rings is 1. The summed E-state index contributed by atoms with van der Waals surface area (Å²) in [5, 5.41) is 7.14. The number of amides is 2. The maximum Gasteiger partial charge on any atom is 0.272 e. The van der Waals surface area contributed by atoms with E-state index in [0.717, 1.165) is 0 Å². The molecule has 2 amide bonds. The Kier molecular flexibility index (Phi) is 5.11. The van der Waals surface area contributed by atoms with Crippen LogP contribution in [0.15, 0.2) is 42.9 Å². The molecule has 1 unspecified atom stereocenters. The van der Waals surface area contributed by atoms with Gasteiger partial charge in [0.2, 0.25) is 0 Å². The van der Waals surface area contributed by atoms with Gasteiger partial charge in [0.1, 0.15) is 11.5 Å². The first-order chi connectivity index (χ1) is 14.0. The van der Waals surface area contributed by atoms with Crippen LogP contribution in [0.4, 0.5) is 0 Å². The lowest BCUT2D eigenvalue weighted by atomic mass is 10.1. The molecule has 9 heteroatoms. The van der Waals surface area contributed by atoms with Crippen LogP contribution in [0, 0.1) is 6.92 Å². The summed E-state index contributed by atoms with van der Waals surface area (Å²) >= 11 is 0. The van der Waals surface area contributed by atoms with Crippen LogP contribution in [0.3, 0.4) is 0 Å². The quantitative estimate of drug-likeness (QED) is 0.728. The molecule has 2 aromatic heterocycles. The highest BCUT2D eigenvalue weighted by atomic mass is 16.2. The Hall–Kier alpha value is -3.49. The number of nitrogens with one attached hydrogen (secondary N) is 1. The van der Waals surface area contributed by atoms with Crippen molar-refractivity contribution in [3.8, 4) is 0 Å². The Bertz CT molecular complexity index is 1010. The van der Waals surface area contributed by atoms with Crippen LogP contribution in [0.25, 0.3) is 0 Å². The zero-order valence-electron chi connectivity index (χ0n) is 16.4. The van der Waals surface area contributed by atoms with Gasteiger partial charge in [0.15, 0.2) is 5.82 Å². The van der Waals surface area contributed by atoms with E-state index in [1.807, 2.05) is 37.3 Å². The fourth-order valence-electron chi connectivity index (χ4n) is 3.63. The number of carbonyl (C=O) groups excluding carboxylic acids is 2. The summed E-state index contributed by atoms with van der Waals surface area (Å²) in [6.45, 7) is 3.17. The molecule has 1 aromatic carbocycles. The number of hydrogen-bond donors (Lipinski definition) is 1. The molecule has 0 saturated carbocycles. The van der Waals surface area contributed by atoms with E-state index in [-0.39, 0.29) is 17.9 Å². The number of benzene rings is 1. The third-order valence-corrected chi connectivity index (χ3v) is 5.18. The lowest BCUT2D eigenvalue weighted by Crippen LogP contribution is -2.39. The SMILES string of the molecule is Cc1nc(C2CCN(C(=O)c3ccccc3)CCN2C(=O)c2cncn2C)n[nH]1. The molecule has 9 nitrogen and oxygen atoms in total. The van der Waals surface area contributed by atoms with Gasteiger partial charge >= 0.3 is 0 Å². The van der Waals surface area contributed by atoms with Crippen molar-refractivity contribution in [3.63, 3.8) is 0 Å². The number of nitrogens with zero attached hydrogens (tertiary/aromatic N) is 6. The molecule has 0 bridgehead atoms. The summed E-state index contributed by atoms with van der Waals surface area (Å²) in [5.41, 5.74) is 1.13. The molecule has 1 N–H and O–H groups in total. The smallest absolute Gasteiger partial charge is 0.272 e. The minimum Gasteiger partial charge on any atom is -0.337 e. The van der Waals surface area contributed by atoms with E-state index in [0.29, 0.717) is 49.0 Å². The number of aryl methyl sites for hydroxylation is 2. The predicted octanol–water partition coefficient (Wildman–Crippen LogP) is 1.58. The topological polar surface area (TPSA) is 100 Å². The highest BCUT2D eigenvalue weighted by Gasteiger charge is 2.34. The molecule has 1 aliphatic heterocycles. The zero-order valence-corrected chi connectivity index (χ0v) is 16.4. The monoisotopic (exact) mass is 393 g/mol. The van der Waals surface area contributed by atoms with Gasteiger partial charge in [0.25, 0.3) is 11.8 Å². The van der Waals surface area contributed by atoms with Crippen LogP contribution < -0.4 is 0 Å². The lowest BCUT2D eigenvalue weighted by molar-refractivity contribution is 0.0656. The van der Waals surface area contributed by atoms with E-state index in [2.05, 4.69) is 20.2 Å².